The first kappa shape index (κ1) is 19.1. The van der Waals surface area contributed by atoms with Crippen molar-refractivity contribution >= 4 is 33.6 Å². The molecule has 0 spiro atoms. The largest absolute Gasteiger partial charge is 0.497 e. The molecule has 0 fully saturated rings. The van der Waals surface area contributed by atoms with Crippen LogP contribution in [0, 0.1) is 6.92 Å². The maximum absolute atomic E-state index is 5.53. The van der Waals surface area contributed by atoms with Gasteiger partial charge in [-0.3, -0.25) is 4.98 Å². The first-order valence-electron chi connectivity index (χ1n) is 9.13. The Hall–Kier alpha value is -3.25. The number of aryl methyl sites for hydroxylation is 1. The summed E-state index contributed by atoms with van der Waals surface area (Å²) in [5.41, 5.74) is 5.06. The number of pyridine rings is 1. The van der Waals surface area contributed by atoms with Gasteiger partial charge in [-0.2, -0.15) is 0 Å². The summed E-state index contributed by atoms with van der Waals surface area (Å²) >= 11 is 1.72. The van der Waals surface area contributed by atoms with Gasteiger partial charge < -0.3 is 19.5 Å². The summed E-state index contributed by atoms with van der Waals surface area (Å²) in [5, 5.41) is 6.61. The Labute approximate surface area is 173 Å². The molecule has 6 heteroatoms. The molecule has 0 aliphatic rings. The van der Waals surface area contributed by atoms with Crippen molar-refractivity contribution in [3.8, 4) is 27.7 Å². The summed E-state index contributed by atoms with van der Waals surface area (Å²) in [6.07, 6.45) is 1.78. The van der Waals surface area contributed by atoms with E-state index in [4.69, 9.17) is 14.2 Å². The third-order valence-corrected chi connectivity index (χ3v) is 5.78. The number of thiophene rings is 1. The molecular formula is C23H22N2O3S. The zero-order valence-corrected chi connectivity index (χ0v) is 17.6. The molecule has 0 saturated heterocycles. The highest BCUT2D eigenvalue weighted by Crippen LogP contribution is 2.37. The van der Waals surface area contributed by atoms with Gasteiger partial charge in [-0.15, -0.1) is 11.3 Å². The van der Waals surface area contributed by atoms with Crippen LogP contribution >= 0.6 is 11.3 Å². The lowest BCUT2D eigenvalue weighted by molar-refractivity contribution is 0.356. The van der Waals surface area contributed by atoms with Crippen molar-refractivity contribution in [2.75, 3.05) is 26.6 Å². The van der Waals surface area contributed by atoms with E-state index in [1.54, 1.807) is 38.9 Å². The third-order valence-electron chi connectivity index (χ3n) is 4.68. The molecule has 2 heterocycles. The highest BCUT2D eigenvalue weighted by molar-refractivity contribution is 7.13. The Kier molecular flexibility index (Phi) is 5.27. The lowest BCUT2D eigenvalue weighted by Gasteiger charge is -2.14. The number of nitrogens with one attached hydrogen (secondary N) is 1. The molecule has 4 rings (SSSR count). The van der Waals surface area contributed by atoms with Gasteiger partial charge >= 0.3 is 0 Å². The van der Waals surface area contributed by atoms with Crippen molar-refractivity contribution in [3.05, 3.63) is 59.6 Å². The Bertz CT molecular complexity index is 1170. The molecule has 2 aromatic carbocycles. The number of hydrogen-bond donors (Lipinski definition) is 1. The second-order valence-electron chi connectivity index (χ2n) is 6.65. The summed E-state index contributed by atoms with van der Waals surface area (Å²) < 4.78 is 16.4. The van der Waals surface area contributed by atoms with Gasteiger partial charge in [0.05, 0.1) is 26.8 Å². The minimum absolute atomic E-state index is 0.654. The highest BCUT2D eigenvalue weighted by Gasteiger charge is 2.11. The molecule has 0 aliphatic heterocycles. The predicted molar refractivity (Wildman–Crippen MR) is 119 cm³/mol. The van der Waals surface area contributed by atoms with Gasteiger partial charge in [-0.25, -0.2) is 0 Å². The normalized spacial score (nSPS) is 10.8. The van der Waals surface area contributed by atoms with Crippen LogP contribution in [-0.4, -0.2) is 26.3 Å². The molecule has 0 radical (unpaired) electrons. The van der Waals surface area contributed by atoms with Gasteiger partial charge in [0, 0.05) is 40.0 Å². The number of anilines is 2. The molecule has 148 valence electrons. The number of rotatable bonds is 6. The Morgan fingerprint density at radius 1 is 0.897 bits per heavy atom. The summed E-state index contributed by atoms with van der Waals surface area (Å²) in [6, 6.07) is 14.1. The van der Waals surface area contributed by atoms with Crippen LogP contribution in [0.3, 0.4) is 0 Å². The van der Waals surface area contributed by atoms with E-state index in [0.717, 1.165) is 33.6 Å². The molecule has 0 aliphatic carbocycles. The monoisotopic (exact) mass is 406 g/mol. The number of nitrogens with zero attached hydrogens (tertiary/aromatic N) is 1. The minimum Gasteiger partial charge on any atom is -0.497 e. The molecule has 1 N–H and O–H groups in total. The van der Waals surface area contributed by atoms with Gasteiger partial charge in [0.25, 0.3) is 0 Å². The fraction of sp³-hybridized carbons (Fsp3) is 0.174. The van der Waals surface area contributed by atoms with Crippen LogP contribution in [0.25, 0.3) is 21.3 Å². The average molecular weight is 407 g/mol. The van der Waals surface area contributed by atoms with Crippen LogP contribution in [0.4, 0.5) is 11.4 Å². The first-order chi connectivity index (χ1) is 14.1. The van der Waals surface area contributed by atoms with E-state index in [2.05, 4.69) is 40.8 Å². The molecule has 4 aromatic rings. The van der Waals surface area contributed by atoms with Gasteiger partial charge in [0.15, 0.2) is 11.5 Å². The summed E-state index contributed by atoms with van der Waals surface area (Å²) in [6.45, 7) is 2.10. The average Bonchev–Trinajstić information content (AvgIpc) is 3.19. The number of methoxy groups -OCH3 is 3. The Morgan fingerprint density at radius 2 is 1.69 bits per heavy atom. The van der Waals surface area contributed by atoms with E-state index in [9.17, 15) is 0 Å². The maximum atomic E-state index is 5.53. The smallest absolute Gasteiger partial charge is 0.162 e. The van der Waals surface area contributed by atoms with Crippen molar-refractivity contribution in [2.24, 2.45) is 0 Å². The van der Waals surface area contributed by atoms with Gasteiger partial charge in [-0.1, -0.05) is 0 Å². The lowest BCUT2D eigenvalue weighted by atomic mass is 10.1. The molecule has 5 nitrogen and oxygen atoms in total. The molecular weight excluding hydrogens is 384 g/mol. The minimum atomic E-state index is 0.654. The second-order valence-corrected chi connectivity index (χ2v) is 7.56. The third kappa shape index (κ3) is 3.84. The number of hydrogen-bond acceptors (Lipinski definition) is 6. The fourth-order valence-electron chi connectivity index (χ4n) is 3.25. The van der Waals surface area contributed by atoms with E-state index < -0.39 is 0 Å². The van der Waals surface area contributed by atoms with Crippen LogP contribution in [0.2, 0.25) is 0 Å². The van der Waals surface area contributed by atoms with Crippen LogP contribution in [0.1, 0.15) is 5.56 Å². The number of aromatic nitrogens is 1. The first-order valence-corrected chi connectivity index (χ1v) is 10.0. The molecule has 0 bridgehead atoms. The SMILES string of the molecule is COc1cc(Nc2ccnc3cc(OC)c(OC)cc23)cc(-c2cc(C)cs2)c1. The van der Waals surface area contributed by atoms with E-state index in [0.29, 0.717) is 11.5 Å². The number of benzene rings is 2. The zero-order valence-electron chi connectivity index (χ0n) is 16.8. The topological polar surface area (TPSA) is 52.6 Å². The van der Waals surface area contributed by atoms with Gasteiger partial charge in [0.1, 0.15) is 5.75 Å². The standard InChI is InChI=1S/C23H22N2O3S/c1-14-7-23(29-13-14)15-8-16(10-17(9-15)26-2)25-19-5-6-24-20-12-22(28-4)21(27-3)11-18(19)20/h5-13H,1-4H3,(H,24,25). The molecule has 2 aromatic heterocycles. The van der Waals surface area contributed by atoms with Crippen molar-refractivity contribution in [1.29, 1.82) is 0 Å². The van der Waals surface area contributed by atoms with Gasteiger partial charge in [-0.05, 0) is 53.8 Å². The van der Waals surface area contributed by atoms with Crippen molar-refractivity contribution in [1.82, 2.24) is 4.98 Å². The van der Waals surface area contributed by atoms with Gasteiger partial charge in [0.2, 0.25) is 0 Å². The zero-order chi connectivity index (χ0) is 20.4. The van der Waals surface area contributed by atoms with E-state index >= 15 is 0 Å². The number of ether oxygens (including phenoxy) is 3. The summed E-state index contributed by atoms with van der Waals surface area (Å²) in [4.78, 5) is 5.67. The maximum Gasteiger partial charge on any atom is 0.162 e. The van der Waals surface area contributed by atoms with Crippen molar-refractivity contribution in [2.45, 2.75) is 6.92 Å². The molecule has 0 unspecified atom stereocenters. The van der Waals surface area contributed by atoms with Crippen LogP contribution in [0.15, 0.2) is 54.0 Å². The molecule has 0 amide bonds. The van der Waals surface area contributed by atoms with Crippen LogP contribution < -0.4 is 19.5 Å². The summed E-state index contributed by atoms with van der Waals surface area (Å²) in [5.74, 6) is 2.12. The quantitative estimate of drug-likeness (QED) is 0.423. The highest BCUT2D eigenvalue weighted by atomic mass is 32.1. The predicted octanol–water partition coefficient (Wildman–Crippen LogP) is 6.04. The Morgan fingerprint density at radius 3 is 2.38 bits per heavy atom. The molecule has 0 saturated carbocycles. The fourth-order valence-corrected chi connectivity index (χ4v) is 4.14. The van der Waals surface area contributed by atoms with E-state index in [1.807, 2.05) is 24.3 Å². The molecule has 29 heavy (non-hydrogen) atoms. The van der Waals surface area contributed by atoms with Crippen LogP contribution in [-0.2, 0) is 0 Å². The summed E-state index contributed by atoms with van der Waals surface area (Å²) in [7, 11) is 4.93. The molecule has 0 atom stereocenters. The van der Waals surface area contributed by atoms with Crippen molar-refractivity contribution in [3.63, 3.8) is 0 Å². The van der Waals surface area contributed by atoms with E-state index in [-0.39, 0.29) is 0 Å². The van der Waals surface area contributed by atoms with Crippen LogP contribution in [0.5, 0.6) is 17.2 Å². The van der Waals surface area contributed by atoms with Crippen molar-refractivity contribution < 1.29 is 14.2 Å². The second kappa shape index (κ2) is 8.01. The number of fused-ring (bicyclic) bond motifs is 1. The Balaban J connectivity index is 1.78. The lowest BCUT2D eigenvalue weighted by Crippen LogP contribution is -1.96. The van der Waals surface area contributed by atoms with E-state index in [1.165, 1.54) is 10.4 Å².